The second-order valence-corrected chi connectivity index (χ2v) is 7.72. The molecule has 0 aliphatic carbocycles. The van der Waals surface area contributed by atoms with Crippen molar-refractivity contribution >= 4 is 23.4 Å². The van der Waals surface area contributed by atoms with Gasteiger partial charge in [-0.1, -0.05) is 48.9 Å². The number of carbonyl (C=O) groups is 3. The van der Waals surface area contributed by atoms with Gasteiger partial charge in [-0.05, 0) is 36.6 Å². The number of nitrogens with one attached hydrogen (secondary N) is 3. The first-order valence-electron chi connectivity index (χ1n) is 10.3. The van der Waals surface area contributed by atoms with Crippen molar-refractivity contribution in [3.63, 3.8) is 0 Å². The molecular formula is C23H26N4O3. The highest BCUT2D eigenvalue weighted by Gasteiger charge is 2.33. The molecule has 1 fully saturated rings. The van der Waals surface area contributed by atoms with E-state index in [2.05, 4.69) is 16.0 Å². The van der Waals surface area contributed by atoms with Crippen LogP contribution in [0.4, 0.5) is 5.69 Å². The summed E-state index contributed by atoms with van der Waals surface area (Å²) in [7, 11) is 1.71. The number of fused-ring (bicyclic) bond motifs is 3. The van der Waals surface area contributed by atoms with E-state index in [1.807, 2.05) is 48.5 Å². The maximum absolute atomic E-state index is 13.2. The minimum absolute atomic E-state index is 0.167. The van der Waals surface area contributed by atoms with Gasteiger partial charge in [-0.15, -0.1) is 0 Å². The van der Waals surface area contributed by atoms with Gasteiger partial charge in [0.1, 0.15) is 6.04 Å². The Labute approximate surface area is 175 Å². The highest BCUT2D eigenvalue weighted by atomic mass is 16.2. The Hall–Kier alpha value is -3.19. The van der Waals surface area contributed by atoms with Crippen LogP contribution in [0.3, 0.4) is 0 Å². The lowest BCUT2D eigenvalue weighted by Gasteiger charge is -2.24. The van der Waals surface area contributed by atoms with Crippen molar-refractivity contribution in [1.82, 2.24) is 16.0 Å². The summed E-state index contributed by atoms with van der Waals surface area (Å²) in [5.74, 6) is -0.797. The highest BCUT2D eigenvalue weighted by molar-refractivity contribution is 6.06. The van der Waals surface area contributed by atoms with Gasteiger partial charge in [-0.2, -0.15) is 0 Å². The van der Waals surface area contributed by atoms with Gasteiger partial charge < -0.3 is 20.9 Å². The summed E-state index contributed by atoms with van der Waals surface area (Å²) >= 11 is 0. The fraction of sp³-hybridized carbons (Fsp3) is 0.348. The number of carbonyl (C=O) groups excluding carboxylic acids is 3. The summed E-state index contributed by atoms with van der Waals surface area (Å²) in [4.78, 5) is 39.7. The van der Waals surface area contributed by atoms with Crippen LogP contribution in [-0.4, -0.2) is 43.9 Å². The molecule has 0 bridgehead atoms. The van der Waals surface area contributed by atoms with Gasteiger partial charge in [-0.25, -0.2) is 0 Å². The van der Waals surface area contributed by atoms with Gasteiger partial charge in [0.2, 0.25) is 11.8 Å². The zero-order valence-corrected chi connectivity index (χ0v) is 17.0. The SMILES string of the molecule is CN1C(=O)C(NC(=O)CNC(=O)C2CCCCN2)c2ccccc2-c2ccccc21. The monoisotopic (exact) mass is 406 g/mol. The van der Waals surface area contributed by atoms with E-state index in [4.69, 9.17) is 0 Å². The Morgan fingerprint density at radius 1 is 1.07 bits per heavy atom. The Morgan fingerprint density at radius 3 is 2.57 bits per heavy atom. The zero-order valence-electron chi connectivity index (χ0n) is 17.0. The van der Waals surface area contributed by atoms with Crippen molar-refractivity contribution in [2.45, 2.75) is 31.3 Å². The molecule has 7 heteroatoms. The zero-order chi connectivity index (χ0) is 21.1. The average Bonchev–Trinajstić information content (AvgIpc) is 2.88. The van der Waals surface area contributed by atoms with Gasteiger partial charge in [0.15, 0.2) is 0 Å². The topological polar surface area (TPSA) is 90.5 Å². The van der Waals surface area contributed by atoms with E-state index in [9.17, 15) is 14.4 Å². The smallest absolute Gasteiger partial charge is 0.253 e. The Balaban J connectivity index is 1.51. The summed E-state index contributed by atoms with van der Waals surface area (Å²) in [6, 6.07) is 14.2. The van der Waals surface area contributed by atoms with Crippen molar-refractivity contribution in [2.24, 2.45) is 0 Å². The summed E-state index contributed by atoms with van der Waals surface area (Å²) in [6.07, 6.45) is 2.83. The largest absolute Gasteiger partial charge is 0.346 e. The number of hydrogen-bond donors (Lipinski definition) is 3. The van der Waals surface area contributed by atoms with Gasteiger partial charge in [0.05, 0.1) is 18.3 Å². The maximum atomic E-state index is 13.2. The number of para-hydroxylation sites is 1. The second kappa shape index (κ2) is 8.67. The summed E-state index contributed by atoms with van der Waals surface area (Å²) in [5.41, 5.74) is 3.39. The molecule has 2 heterocycles. The van der Waals surface area contributed by atoms with E-state index in [1.54, 1.807) is 11.9 Å². The van der Waals surface area contributed by atoms with Crippen molar-refractivity contribution in [3.05, 3.63) is 54.1 Å². The number of likely N-dealkylation sites (N-methyl/N-ethyl adjacent to an activating group) is 1. The molecule has 2 aromatic rings. The van der Waals surface area contributed by atoms with Crippen LogP contribution in [0.5, 0.6) is 0 Å². The predicted molar refractivity (Wildman–Crippen MR) is 115 cm³/mol. The van der Waals surface area contributed by atoms with Gasteiger partial charge in [0, 0.05) is 12.6 Å². The van der Waals surface area contributed by atoms with Crippen LogP contribution < -0.4 is 20.9 Å². The number of benzene rings is 2. The molecule has 2 aromatic carbocycles. The quantitative estimate of drug-likeness (QED) is 0.722. The maximum Gasteiger partial charge on any atom is 0.253 e. The molecule has 1 saturated heterocycles. The molecule has 3 N–H and O–H groups in total. The van der Waals surface area contributed by atoms with Crippen LogP contribution in [0, 0.1) is 0 Å². The lowest BCUT2D eigenvalue weighted by atomic mass is 9.95. The van der Waals surface area contributed by atoms with Crippen molar-refractivity contribution in [2.75, 3.05) is 25.0 Å². The summed E-state index contributed by atoms with van der Waals surface area (Å²) in [6.45, 7) is 0.643. The molecule has 156 valence electrons. The van der Waals surface area contributed by atoms with Crippen LogP contribution in [0.1, 0.15) is 30.9 Å². The third-order valence-corrected chi connectivity index (χ3v) is 5.76. The number of nitrogens with zero attached hydrogens (tertiary/aromatic N) is 1. The predicted octanol–water partition coefficient (Wildman–Crippen LogP) is 1.75. The van der Waals surface area contributed by atoms with Crippen molar-refractivity contribution in [3.8, 4) is 11.1 Å². The molecule has 7 nitrogen and oxygen atoms in total. The molecule has 2 aliphatic rings. The Morgan fingerprint density at radius 2 is 1.80 bits per heavy atom. The number of amides is 3. The van der Waals surface area contributed by atoms with Gasteiger partial charge in [-0.3, -0.25) is 14.4 Å². The molecule has 0 saturated carbocycles. The first kappa shape index (κ1) is 20.1. The third-order valence-electron chi connectivity index (χ3n) is 5.76. The number of anilines is 1. The minimum atomic E-state index is -0.823. The number of rotatable bonds is 4. The van der Waals surface area contributed by atoms with Crippen molar-refractivity contribution < 1.29 is 14.4 Å². The molecule has 0 aromatic heterocycles. The Kier molecular flexibility index (Phi) is 5.81. The van der Waals surface area contributed by atoms with E-state index in [0.29, 0.717) is 0 Å². The highest BCUT2D eigenvalue weighted by Crippen LogP contribution is 2.39. The Bertz CT molecular complexity index is 968. The number of hydrogen-bond acceptors (Lipinski definition) is 4. The molecule has 30 heavy (non-hydrogen) atoms. The van der Waals surface area contributed by atoms with E-state index in [-0.39, 0.29) is 24.4 Å². The first-order valence-corrected chi connectivity index (χ1v) is 10.3. The first-order chi connectivity index (χ1) is 14.6. The fourth-order valence-electron chi connectivity index (χ4n) is 4.15. The number of piperidine rings is 1. The summed E-state index contributed by atoms with van der Waals surface area (Å²) < 4.78 is 0. The van der Waals surface area contributed by atoms with E-state index in [1.165, 1.54) is 0 Å². The molecule has 0 spiro atoms. The van der Waals surface area contributed by atoms with Crippen LogP contribution in [0.2, 0.25) is 0 Å². The van der Waals surface area contributed by atoms with E-state index >= 15 is 0 Å². The lowest BCUT2D eigenvalue weighted by molar-refractivity contribution is -0.129. The molecule has 4 rings (SSSR count). The standard InChI is InChI=1S/C23H26N4O3/c1-27-19-12-5-4-9-16(19)15-8-2-3-10-17(15)21(23(27)30)26-20(28)14-25-22(29)18-11-6-7-13-24-18/h2-5,8-10,12,18,21,24H,6-7,11,13-14H2,1H3,(H,25,29)(H,26,28). The van der Waals surface area contributed by atoms with Crippen molar-refractivity contribution in [1.29, 1.82) is 0 Å². The molecular weight excluding hydrogens is 380 g/mol. The average molecular weight is 406 g/mol. The minimum Gasteiger partial charge on any atom is -0.346 e. The van der Waals surface area contributed by atoms with E-state index in [0.717, 1.165) is 48.2 Å². The van der Waals surface area contributed by atoms with Crippen LogP contribution >= 0.6 is 0 Å². The normalized spacial score (nSPS) is 20.6. The fourth-order valence-corrected chi connectivity index (χ4v) is 4.15. The third kappa shape index (κ3) is 3.93. The van der Waals surface area contributed by atoms with Gasteiger partial charge >= 0.3 is 0 Å². The molecule has 2 aliphatic heterocycles. The second-order valence-electron chi connectivity index (χ2n) is 7.72. The molecule has 0 radical (unpaired) electrons. The van der Waals surface area contributed by atoms with Crippen LogP contribution in [-0.2, 0) is 14.4 Å². The lowest BCUT2D eigenvalue weighted by Crippen LogP contribution is -2.50. The van der Waals surface area contributed by atoms with Crippen LogP contribution in [0.25, 0.3) is 11.1 Å². The molecule has 3 amide bonds. The summed E-state index contributed by atoms with van der Waals surface area (Å²) in [5, 5.41) is 8.67. The van der Waals surface area contributed by atoms with E-state index < -0.39 is 11.9 Å². The molecule has 2 unspecified atom stereocenters. The van der Waals surface area contributed by atoms with Crippen LogP contribution in [0.15, 0.2) is 48.5 Å². The molecule has 2 atom stereocenters. The van der Waals surface area contributed by atoms with Gasteiger partial charge in [0.25, 0.3) is 5.91 Å².